The van der Waals surface area contributed by atoms with Crippen LogP contribution in [-0.4, -0.2) is 6.54 Å². The van der Waals surface area contributed by atoms with Gasteiger partial charge in [0.2, 0.25) is 0 Å². The van der Waals surface area contributed by atoms with E-state index in [4.69, 9.17) is 0 Å². The summed E-state index contributed by atoms with van der Waals surface area (Å²) in [6.07, 6.45) is 8.73. The summed E-state index contributed by atoms with van der Waals surface area (Å²) in [6.45, 7) is 2.26. The van der Waals surface area contributed by atoms with Crippen LogP contribution in [0.15, 0.2) is 17.5 Å². The predicted octanol–water partition coefficient (Wildman–Crippen LogP) is 4.23. The Morgan fingerprint density at radius 3 is 2.75 bits per heavy atom. The van der Waals surface area contributed by atoms with Gasteiger partial charge >= 0.3 is 0 Å². The summed E-state index contributed by atoms with van der Waals surface area (Å²) < 4.78 is 0. The first kappa shape index (κ1) is 14.0. The molecule has 1 fully saturated rings. The minimum Gasteiger partial charge on any atom is -0.312 e. The lowest BCUT2D eigenvalue weighted by Gasteiger charge is -2.21. The molecule has 3 heteroatoms. The third-order valence-electron chi connectivity index (χ3n) is 3.33. The highest BCUT2D eigenvalue weighted by molar-refractivity contribution is 7.09. The number of hydrogen-bond acceptors (Lipinski definition) is 2. The summed E-state index contributed by atoms with van der Waals surface area (Å²) >= 11 is 1.85. The smallest absolute Gasteiger partial charge is 0.0299 e. The van der Waals surface area contributed by atoms with E-state index >= 15 is 0 Å². The van der Waals surface area contributed by atoms with Gasteiger partial charge in [0.25, 0.3) is 0 Å². The van der Waals surface area contributed by atoms with Gasteiger partial charge in [0.05, 0.1) is 0 Å². The summed E-state index contributed by atoms with van der Waals surface area (Å²) in [5.41, 5.74) is 0. The zero-order valence-electron chi connectivity index (χ0n) is 9.78. The second kappa shape index (κ2) is 8.10. The topological polar surface area (TPSA) is 12.0 Å². The number of thiophene rings is 1. The van der Waals surface area contributed by atoms with Gasteiger partial charge in [0, 0.05) is 11.4 Å². The summed E-state index contributed by atoms with van der Waals surface area (Å²) in [5.74, 6) is 1.01. The largest absolute Gasteiger partial charge is 0.312 e. The van der Waals surface area contributed by atoms with Gasteiger partial charge in [-0.2, -0.15) is 0 Å². The van der Waals surface area contributed by atoms with Crippen molar-refractivity contribution in [3.05, 3.63) is 22.4 Å². The Morgan fingerprint density at radius 2 is 2.06 bits per heavy atom. The van der Waals surface area contributed by atoms with Gasteiger partial charge < -0.3 is 5.32 Å². The Kier molecular flexibility index (Phi) is 7.10. The molecule has 92 valence electrons. The molecule has 0 atom stereocenters. The maximum atomic E-state index is 3.55. The van der Waals surface area contributed by atoms with Crippen LogP contribution in [0.5, 0.6) is 0 Å². The van der Waals surface area contributed by atoms with Gasteiger partial charge in [0.1, 0.15) is 0 Å². The molecule has 16 heavy (non-hydrogen) atoms. The predicted molar refractivity (Wildman–Crippen MR) is 74.5 cm³/mol. The maximum Gasteiger partial charge on any atom is 0.0299 e. The van der Waals surface area contributed by atoms with Crippen LogP contribution in [-0.2, 0) is 6.54 Å². The third-order valence-corrected chi connectivity index (χ3v) is 4.21. The average Bonchev–Trinajstić information content (AvgIpc) is 2.79. The molecule has 0 bridgehead atoms. The van der Waals surface area contributed by atoms with Crippen molar-refractivity contribution in [1.82, 2.24) is 5.32 Å². The molecule has 1 aliphatic rings. The molecule has 0 radical (unpaired) electrons. The summed E-state index contributed by atoms with van der Waals surface area (Å²) in [6, 6.07) is 4.33. The molecular weight excluding hydrogens is 238 g/mol. The van der Waals surface area contributed by atoms with E-state index in [0.29, 0.717) is 0 Å². The van der Waals surface area contributed by atoms with Crippen molar-refractivity contribution in [2.24, 2.45) is 5.92 Å². The Hall–Kier alpha value is -0.0500. The first-order valence-electron chi connectivity index (χ1n) is 6.18. The quantitative estimate of drug-likeness (QED) is 0.781. The van der Waals surface area contributed by atoms with E-state index < -0.39 is 0 Å². The number of halogens is 1. The zero-order chi connectivity index (χ0) is 10.3. The normalized spacial score (nSPS) is 17.0. The van der Waals surface area contributed by atoms with Crippen molar-refractivity contribution in [3.63, 3.8) is 0 Å². The molecule has 0 unspecified atom stereocenters. The van der Waals surface area contributed by atoms with Crippen LogP contribution in [0.4, 0.5) is 0 Å². The Bertz CT molecular complexity index is 255. The van der Waals surface area contributed by atoms with Crippen LogP contribution in [0.1, 0.15) is 43.4 Å². The molecular formula is C13H22ClNS. The van der Waals surface area contributed by atoms with Crippen molar-refractivity contribution in [1.29, 1.82) is 0 Å². The van der Waals surface area contributed by atoms with Gasteiger partial charge in [-0.15, -0.1) is 23.7 Å². The van der Waals surface area contributed by atoms with Gasteiger partial charge in [-0.3, -0.25) is 0 Å². The molecule has 1 saturated carbocycles. The van der Waals surface area contributed by atoms with Crippen molar-refractivity contribution in [2.45, 2.75) is 45.1 Å². The molecule has 1 nitrogen and oxygen atoms in total. The zero-order valence-corrected chi connectivity index (χ0v) is 11.4. The van der Waals surface area contributed by atoms with E-state index in [-0.39, 0.29) is 12.4 Å². The molecule has 1 aromatic rings. The van der Waals surface area contributed by atoms with Gasteiger partial charge in [-0.05, 0) is 30.3 Å². The summed E-state index contributed by atoms with van der Waals surface area (Å²) in [4.78, 5) is 1.46. The van der Waals surface area contributed by atoms with Crippen LogP contribution in [0.3, 0.4) is 0 Å². The molecule has 0 spiro atoms. The molecule has 1 aromatic heterocycles. The lowest BCUT2D eigenvalue weighted by molar-refractivity contribution is 0.334. The highest BCUT2D eigenvalue weighted by atomic mass is 35.5. The van der Waals surface area contributed by atoms with Gasteiger partial charge in [-0.1, -0.05) is 38.2 Å². The first-order valence-corrected chi connectivity index (χ1v) is 7.06. The minimum atomic E-state index is 0. The fraction of sp³-hybridized carbons (Fsp3) is 0.692. The number of hydrogen-bond donors (Lipinski definition) is 1. The fourth-order valence-corrected chi connectivity index (χ4v) is 3.08. The molecule has 0 aliphatic heterocycles. The Balaban J connectivity index is 0.00000128. The van der Waals surface area contributed by atoms with Crippen molar-refractivity contribution >= 4 is 23.7 Å². The van der Waals surface area contributed by atoms with Crippen LogP contribution in [0, 0.1) is 5.92 Å². The van der Waals surface area contributed by atoms with E-state index in [9.17, 15) is 0 Å². The van der Waals surface area contributed by atoms with Crippen molar-refractivity contribution in [3.8, 4) is 0 Å². The Labute approximate surface area is 109 Å². The van der Waals surface area contributed by atoms with Crippen molar-refractivity contribution in [2.75, 3.05) is 6.54 Å². The lowest BCUT2D eigenvalue weighted by Crippen LogP contribution is -2.18. The molecule has 1 N–H and O–H groups in total. The molecule has 1 heterocycles. The monoisotopic (exact) mass is 259 g/mol. The van der Waals surface area contributed by atoms with Crippen LogP contribution < -0.4 is 5.32 Å². The van der Waals surface area contributed by atoms with Gasteiger partial charge in [0.15, 0.2) is 0 Å². The van der Waals surface area contributed by atoms with E-state index in [2.05, 4.69) is 22.8 Å². The summed E-state index contributed by atoms with van der Waals surface area (Å²) in [5, 5.41) is 5.70. The minimum absolute atomic E-state index is 0. The molecule has 1 aliphatic carbocycles. The lowest BCUT2D eigenvalue weighted by atomic mass is 9.87. The van der Waals surface area contributed by atoms with E-state index in [1.807, 2.05) is 11.3 Å². The second-order valence-corrected chi connectivity index (χ2v) is 5.58. The maximum absolute atomic E-state index is 3.55. The highest BCUT2D eigenvalue weighted by Crippen LogP contribution is 2.25. The van der Waals surface area contributed by atoms with E-state index in [1.165, 1.54) is 49.9 Å². The highest BCUT2D eigenvalue weighted by Gasteiger charge is 2.12. The third kappa shape index (κ3) is 4.86. The average molecular weight is 260 g/mol. The standard InChI is InChI=1S/C13H21NS.ClH/c1-2-5-12(6-3-1)8-9-14-11-13-7-4-10-15-13;/h4,7,10,12,14H,1-3,5-6,8-9,11H2;1H. The summed E-state index contributed by atoms with van der Waals surface area (Å²) in [7, 11) is 0. The van der Waals surface area contributed by atoms with Gasteiger partial charge in [-0.25, -0.2) is 0 Å². The molecule has 2 rings (SSSR count). The van der Waals surface area contributed by atoms with Crippen LogP contribution >= 0.6 is 23.7 Å². The number of nitrogens with one attached hydrogen (secondary N) is 1. The van der Waals surface area contributed by atoms with E-state index in [1.54, 1.807) is 0 Å². The second-order valence-electron chi connectivity index (χ2n) is 4.55. The molecule has 0 saturated heterocycles. The van der Waals surface area contributed by atoms with Crippen LogP contribution in [0.2, 0.25) is 0 Å². The van der Waals surface area contributed by atoms with E-state index in [0.717, 1.165) is 12.5 Å². The van der Waals surface area contributed by atoms with Crippen LogP contribution in [0.25, 0.3) is 0 Å². The molecule has 0 aromatic carbocycles. The Morgan fingerprint density at radius 1 is 1.25 bits per heavy atom. The van der Waals surface area contributed by atoms with Crippen molar-refractivity contribution < 1.29 is 0 Å². The number of rotatable bonds is 5. The molecule has 0 amide bonds. The fourth-order valence-electron chi connectivity index (χ4n) is 2.41. The first-order chi connectivity index (χ1) is 7.45. The SMILES string of the molecule is Cl.c1csc(CNCCC2CCCCC2)c1.